The Labute approximate surface area is 258 Å². The third-order valence-electron chi connectivity index (χ3n) is 8.25. The number of nitrogen functional groups attached to an aromatic ring is 1. The number of rotatable bonds is 12. The summed E-state index contributed by atoms with van der Waals surface area (Å²) in [6, 6.07) is 22.4. The first-order valence-corrected chi connectivity index (χ1v) is 15.3. The molecule has 0 unspecified atom stereocenters. The van der Waals surface area contributed by atoms with Gasteiger partial charge in [-0.05, 0) is 61.2 Å². The molecule has 0 bridgehead atoms. The van der Waals surface area contributed by atoms with Crippen LogP contribution in [0, 0.1) is 0 Å². The van der Waals surface area contributed by atoms with E-state index >= 15 is 0 Å². The minimum absolute atomic E-state index is 0.0216. The van der Waals surface area contributed by atoms with E-state index < -0.39 is 6.29 Å². The molecule has 10 nitrogen and oxygen atoms in total. The number of nitrogens with two attached hydrogens (primary N) is 1. The Balaban J connectivity index is 1.21. The van der Waals surface area contributed by atoms with Gasteiger partial charge in [0.1, 0.15) is 0 Å². The highest BCUT2D eigenvalue weighted by Gasteiger charge is 2.35. The number of benzene rings is 3. The van der Waals surface area contributed by atoms with Gasteiger partial charge in [0.15, 0.2) is 6.29 Å². The fraction of sp³-hybridized carbons (Fsp3) is 0.412. The third-order valence-corrected chi connectivity index (χ3v) is 8.25. The van der Waals surface area contributed by atoms with Crippen molar-refractivity contribution in [2.75, 3.05) is 36.1 Å². The number of likely N-dealkylation sites (tertiary alicyclic amines) is 1. The molecule has 2 saturated heterocycles. The largest absolute Gasteiger partial charge is 0.397 e. The summed E-state index contributed by atoms with van der Waals surface area (Å²) in [6.07, 6.45) is 2.46. The topological polar surface area (TPSA) is 146 Å². The van der Waals surface area contributed by atoms with E-state index in [0.29, 0.717) is 36.4 Å². The zero-order valence-corrected chi connectivity index (χ0v) is 24.9. The Bertz CT molecular complexity index is 1400. The van der Waals surface area contributed by atoms with Crippen molar-refractivity contribution in [3.8, 4) is 0 Å². The van der Waals surface area contributed by atoms with E-state index in [0.717, 1.165) is 36.1 Å². The summed E-state index contributed by atoms with van der Waals surface area (Å²) in [4.78, 5) is 27.3. The number of ether oxygens (including phenoxy) is 2. The highest BCUT2D eigenvalue weighted by atomic mass is 16.7. The molecule has 3 aromatic carbocycles. The van der Waals surface area contributed by atoms with Crippen LogP contribution in [0.5, 0.6) is 0 Å². The second kappa shape index (κ2) is 15.3. The third kappa shape index (κ3) is 8.43. The van der Waals surface area contributed by atoms with Gasteiger partial charge in [0.25, 0.3) is 0 Å². The maximum atomic E-state index is 12.7. The summed E-state index contributed by atoms with van der Waals surface area (Å²) in [5.41, 5.74) is 10.2. The van der Waals surface area contributed by atoms with E-state index in [4.69, 9.17) is 15.2 Å². The Kier molecular flexibility index (Phi) is 11.0. The molecular formula is C34H42N4O6. The normalized spacial score (nSPS) is 22.0. The van der Waals surface area contributed by atoms with Crippen molar-refractivity contribution in [3.05, 3.63) is 89.5 Å². The number of carbonyl (C=O) groups is 2. The van der Waals surface area contributed by atoms with Gasteiger partial charge in [0.2, 0.25) is 11.8 Å². The van der Waals surface area contributed by atoms with Crippen LogP contribution in [0.3, 0.4) is 0 Å². The Morgan fingerprint density at radius 2 is 1.68 bits per heavy atom. The fourth-order valence-electron chi connectivity index (χ4n) is 5.86. The van der Waals surface area contributed by atoms with Crippen molar-refractivity contribution in [3.63, 3.8) is 0 Å². The maximum Gasteiger partial charge on any atom is 0.224 e. The summed E-state index contributed by atoms with van der Waals surface area (Å²) in [7, 11) is 0. The lowest BCUT2D eigenvalue weighted by atomic mass is 9.99. The van der Waals surface area contributed by atoms with E-state index in [9.17, 15) is 19.8 Å². The molecule has 3 aromatic rings. The molecule has 10 heteroatoms. The highest BCUT2D eigenvalue weighted by Crippen LogP contribution is 2.39. The molecule has 2 amide bonds. The van der Waals surface area contributed by atoms with Crippen molar-refractivity contribution < 1.29 is 29.3 Å². The molecule has 0 aliphatic carbocycles. The molecule has 0 aromatic heterocycles. The van der Waals surface area contributed by atoms with Gasteiger partial charge >= 0.3 is 0 Å². The number of amides is 2. The Morgan fingerprint density at radius 3 is 2.43 bits per heavy atom. The van der Waals surface area contributed by atoms with Crippen molar-refractivity contribution in [1.29, 1.82) is 0 Å². The average molecular weight is 603 g/mol. The molecule has 2 heterocycles. The minimum atomic E-state index is -0.655. The van der Waals surface area contributed by atoms with Crippen LogP contribution in [0.4, 0.5) is 17.1 Å². The summed E-state index contributed by atoms with van der Waals surface area (Å²) in [5, 5.41) is 25.0. The molecule has 5 rings (SSSR count). The zero-order valence-electron chi connectivity index (χ0n) is 24.9. The van der Waals surface area contributed by atoms with Crippen LogP contribution in [0.1, 0.15) is 67.6 Å². The second-order valence-electron chi connectivity index (χ2n) is 11.5. The standard InChI is InChI=1S/C34H42N4O6/c35-29-9-1-2-10-30(29)37-33(42)12-4-11-32(41)36-26-7-3-6-25(18-26)34-43-28(20-38-17-5-8-27(38)22-40)19-31(44-34)24-15-13-23(21-39)14-16-24/h1-3,6-7,9-10,13-16,18,27-28,31,34,39-40H,4-5,8,11-12,17,19-22,35H2,(H,36,41)(H,37,42)/t27-,28-,31+,34+/m0/s1. The Hall–Kier alpha value is -3.80. The lowest BCUT2D eigenvalue weighted by Crippen LogP contribution is -2.42. The molecule has 2 aliphatic rings. The maximum absolute atomic E-state index is 12.7. The number of nitrogens with zero attached hydrogens (tertiary/aromatic N) is 1. The lowest BCUT2D eigenvalue weighted by molar-refractivity contribution is -0.253. The number of hydrogen-bond acceptors (Lipinski definition) is 8. The first-order valence-electron chi connectivity index (χ1n) is 15.3. The first kappa shape index (κ1) is 31.6. The fourth-order valence-corrected chi connectivity index (χ4v) is 5.86. The number of para-hydroxylation sites is 2. The van der Waals surface area contributed by atoms with E-state index in [-0.39, 0.29) is 56.1 Å². The molecule has 234 valence electrons. The lowest BCUT2D eigenvalue weighted by Gasteiger charge is -2.38. The SMILES string of the molecule is Nc1ccccc1NC(=O)CCCC(=O)Nc1cccc([C@@H]2O[C@H](CN3CCC[C@H]3CO)C[C@H](c3ccc(CO)cc3)O2)c1. The monoisotopic (exact) mass is 602 g/mol. The van der Waals surface area contributed by atoms with Crippen molar-refractivity contribution in [2.45, 2.75) is 69.7 Å². The molecule has 2 aliphatic heterocycles. The zero-order chi connectivity index (χ0) is 30.9. The molecule has 0 saturated carbocycles. The van der Waals surface area contributed by atoms with Gasteiger partial charge in [-0.3, -0.25) is 14.5 Å². The molecule has 6 N–H and O–H groups in total. The number of aliphatic hydroxyl groups is 2. The van der Waals surface area contributed by atoms with Gasteiger partial charge in [-0.2, -0.15) is 0 Å². The predicted molar refractivity (Wildman–Crippen MR) is 169 cm³/mol. The summed E-state index contributed by atoms with van der Waals surface area (Å²) >= 11 is 0. The summed E-state index contributed by atoms with van der Waals surface area (Å²) < 4.78 is 13.0. The minimum Gasteiger partial charge on any atom is -0.397 e. The molecule has 0 spiro atoms. The van der Waals surface area contributed by atoms with E-state index in [1.165, 1.54) is 0 Å². The van der Waals surface area contributed by atoms with Crippen LogP contribution >= 0.6 is 0 Å². The first-order chi connectivity index (χ1) is 21.4. The second-order valence-corrected chi connectivity index (χ2v) is 11.5. The average Bonchev–Trinajstić information content (AvgIpc) is 3.49. The van der Waals surface area contributed by atoms with Crippen molar-refractivity contribution >= 4 is 28.9 Å². The van der Waals surface area contributed by atoms with E-state index in [1.807, 2.05) is 48.5 Å². The smallest absolute Gasteiger partial charge is 0.224 e. The molecule has 0 radical (unpaired) electrons. The van der Waals surface area contributed by atoms with Crippen molar-refractivity contribution in [1.82, 2.24) is 4.90 Å². The van der Waals surface area contributed by atoms with E-state index in [1.54, 1.807) is 24.3 Å². The number of hydrogen-bond donors (Lipinski definition) is 5. The van der Waals surface area contributed by atoms with Gasteiger partial charge in [-0.1, -0.05) is 48.5 Å². The summed E-state index contributed by atoms with van der Waals surface area (Å²) in [5.74, 6) is -0.387. The van der Waals surface area contributed by atoms with Crippen LogP contribution in [-0.2, 0) is 25.7 Å². The predicted octanol–water partition coefficient (Wildman–Crippen LogP) is 4.51. The van der Waals surface area contributed by atoms with E-state index in [2.05, 4.69) is 15.5 Å². The molecule has 44 heavy (non-hydrogen) atoms. The quantitative estimate of drug-likeness (QED) is 0.190. The van der Waals surface area contributed by atoms with Crippen LogP contribution < -0.4 is 16.4 Å². The van der Waals surface area contributed by atoms with Crippen LogP contribution in [0.15, 0.2) is 72.8 Å². The van der Waals surface area contributed by atoms with Gasteiger partial charge in [-0.25, -0.2) is 0 Å². The van der Waals surface area contributed by atoms with Crippen LogP contribution in [0.2, 0.25) is 0 Å². The highest BCUT2D eigenvalue weighted by molar-refractivity contribution is 5.94. The number of nitrogens with one attached hydrogen (secondary N) is 2. The molecule has 2 fully saturated rings. The van der Waals surface area contributed by atoms with Crippen LogP contribution in [0.25, 0.3) is 0 Å². The van der Waals surface area contributed by atoms with Crippen LogP contribution in [-0.4, -0.2) is 58.8 Å². The van der Waals surface area contributed by atoms with Gasteiger partial charge in [0, 0.05) is 43.1 Å². The molecule has 4 atom stereocenters. The number of aliphatic hydroxyl groups excluding tert-OH is 2. The number of anilines is 3. The summed E-state index contributed by atoms with van der Waals surface area (Å²) in [6.45, 7) is 1.73. The van der Waals surface area contributed by atoms with Gasteiger partial charge in [-0.15, -0.1) is 0 Å². The van der Waals surface area contributed by atoms with Gasteiger partial charge < -0.3 is 36.1 Å². The number of carbonyl (C=O) groups excluding carboxylic acids is 2. The van der Waals surface area contributed by atoms with Gasteiger partial charge in [0.05, 0.1) is 36.8 Å². The molecular weight excluding hydrogens is 560 g/mol. The Morgan fingerprint density at radius 1 is 0.909 bits per heavy atom. The van der Waals surface area contributed by atoms with Crippen molar-refractivity contribution in [2.24, 2.45) is 0 Å².